The highest BCUT2D eigenvalue weighted by Crippen LogP contribution is 2.27. The number of pyridine rings is 1. The van der Waals surface area contributed by atoms with Gasteiger partial charge in [0.05, 0.1) is 0 Å². The van der Waals surface area contributed by atoms with Gasteiger partial charge < -0.3 is 14.9 Å². The Morgan fingerprint density at radius 3 is 2.56 bits per heavy atom. The van der Waals surface area contributed by atoms with Crippen LogP contribution in [0.2, 0.25) is 0 Å². The summed E-state index contributed by atoms with van der Waals surface area (Å²) < 4.78 is 0. The van der Waals surface area contributed by atoms with E-state index in [2.05, 4.69) is 42.6 Å². The number of nitrogens with one attached hydrogen (secondary N) is 2. The van der Waals surface area contributed by atoms with Crippen LogP contribution in [0.25, 0.3) is 22.2 Å². The second kappa shape index (κ2) is 7.13. The predicted molar refractivity (Wildman–Crippen MR) is 106 cm³/mol. The van der Waals surface area contributed by atoms with Gasteiger partial charge in [0, 0.05) is 45.5 Å². The molecule has 136 valence electrons. The molecule has 2 N–H and O–H groups in total. The Balaban J connectivity index is 0.00000182. The van der Waals surface area contributed by atoms with Gasteiger partial charge >= 0.3 is 0 Å². The maximum Gasteiger partial charge on any atom is 0.270 e. The number of amides is 1. The largest absolute Gasteiger partial charge is 0.357 e. The number of carbonyl (C=O) groups excluding carboxylic acids is 1. The smallest absolute Gasteiger partial charge is 0.270 e. The molecular weight excluding hydrogens is 312 g/mol. The number of hydrogen-bond acceptors (Lipinski definition) is 2. The minimum Gasteiger partial charge on any atom is -0.357 e. The number of rotatable bonds is 6. The Kier molecular flexibility index (Phi) is 4.93. The molecule has 3 aromatic heterocycles. The van der Waals surface area contributed by atoms with Crippen molar-refractivity contribution in [3.63, 3.8) is 0 Å². The lowest BCUT2D eigenvalue weighted by Crippen LogP contribution is -2.37. The molecule has 0 fully saturated rings. The van der Waals surface area contributed by atoms with Gasteiger partial charge in [-0.2, -0.15) is 0 Å². The summed E-state index contributed by atoms with van der Waals surface area (Å²) in [6.07, 6.45) is 5.57. The van der Waals surface area contributed by atoms with E-state index in [0.29, 0.717) is 17.5 Å². The molecule has 0 aromatic carbocycles. The van der Waals surface area contributed by atoms with Crippen molar-refractivity contribution in [2.45, 2.75) is 27.7 Å². The van der Waals surface area contributed by atoms with Crippen LogP contribution in [0.1, 0.15) is 41.0 Å². The van der Waals surface area contributed by atoms with Crippen LogP contribution in [0.15, 0.2) is 36.8 Å². The average Bonchev–Trinajstić information content (AvgIpc) is 3.21. The Hall–Kier alpha value is -2.56. The molecule has 0 radical (unpaired) electrons. The SMILES string of the molecule is CC(C)CN(CC(C)C)C(=O)c1cc(-c2ccnc3[nH]ccc23)c[nH]1.[HH].[HH]. The fourth-order valence-corrected chi connectivity index (χ4v) is 3.18. The molecule has 0 atom stereocenters. The molecule has 0 bridgehead atoms. The third kappa shape index (κ3) is 3.76. The number of H-pyrrole nitrogens is 2. The lowest BCUT2D eigenvalue weighted by molar-refractivity contribution is 0.0710. The molecule has 25 heavy (non-hydrogen) atoms. The van der Waals surface area contributed by atoms with E-state index in [-0.39, 0.29) is 8.76 Å². The van der Waals surface area contributed by atoms with Gasteiger partial charge in [0.15, 0.2) is 0 Å². The van der Waals surface area contributed by atoms with Crippen molar-refractivity contribution < 1.29 is 7.65 Å². The first kappa shape index (κ1) is 17.3. The standard InChI is InChI=1S/C20H26N4O.2H2/c1-13(2)11-24(12-14(3)4)20(25)18-9-15(10-23-18)16-5-7-21-19-17(16)6-8-22-19;;/h5-10,13-14,23H,11-12H2,1-4H3,(H,21,22);2*1H. The number of fused-ring (bicyclic) bond motifs is 1. The topological polar surface area (TPSA) is 64.8 Å². The van der Waals surface area contributed by atoms with Gasteiger partial charge in [-0.05, 0) is 35.6 Å². The molecule has 0 saturated carbocycles. The maximum absolute atomic E-state index is 13.0. The molecule has 3 rings (SSSR count). The summed E-state index contributed by atoms with van der Waals surface area (Å²) in [4.78, 5) is 25.5. The number of hydrogen-bond donors (Lipinski definition) is 2. The summed E-state index contributed by atoms with van der Waals surface area (Å²) >= 11 is 0. The highest BCUT2D eigenvalue weighted by molar-refractivity contribution is 5.97. The third-order valence-electron chi connectivity index (χ3n) is 4.14. The van der Waals surface area contributed by atoms with Gasteiger partial charge in [0.25, 0.3) is 5.91 Å². The number of aromatic amines is 2. The van der Waals surface area contributed by atoms with Crippen molar-refractivity contribution >= 4 is 16.9 Å². The zero-order valence-corrected chi connectivity index (χ0v) is 15.3. The summed E-state index contributed by atoms with van der Waals surface area (Å²) in [6, 6.07) is 5.93. The van der Waals surface area contributed by atoms with Crippen molar-refractivity contribution in [1.29, 1.82) is 0 Å². The second-order valence-electron chi connectivity index (χ2n) is 7.40. The molecule has 0 unspecified atom stereocenters. The Morgan fingerprint density at radius 2 is 1.88 bits per heavy atom. The van der Waals surface area contributed by atoms with Crippen LogP contribution in [0.3, 0.4) is 0 Å². The van der Waals surface area contributed by atoms with Crippen LogP contribution < -0.4 is 0 Å². The minimum absolute atomic E-state index is 0. The van der Waals surface area contributed by atoms with E-state index in [1.54, 1.807) is 6.20 Å². The van der Waals surface area contributed by atoms with Crippen LogP contribution in [0.4, 0.5) is 0 Å². The van der Waals surface area contributed by atoms with E-state index < -0.39 is 0 Å². The summed E-state index contributed by atoms with van der Waals surface area (Å²) in [5.74, 6) is 0.946. The molecule has 0 spiro atoms. The van der Waals surface area contributed by atoms with Crippen LogP contribution in [0, 0.1) is 11.8 Å². The molecule has 5 heteroatoms. The van der Waals surface area contributed by atoms with Gasteiger partial charge in [0.2, 0.25) is 0 Å². The molecule has 0 aliphatic heterocycles. The van der Waals surface area contributed by atoms with Crippen LogP contribution in [-0.2, 0) is 0 Å². The Bertz CT molecular complexity index is 860. The van der Waals surface area contributed by atoms with E-state index in [9.17, 15) is 4.79 Å². The fraction of sp³-hybridized carbons (Fsp3) is 0.400. The molecular formula is C20H30N4O. The van der Waals surface area contributed by atoms with E-state index >= 15 is 0 Å². The summed E-state index contributed by atoms with van der Waals surface area (Å²) in [6.45, 7) is 10.1. The summed E-state index contributed by atoms with van der Waals surface area (Å²) in [5.41, 5.74) is 3.56. The van der Waals surface area contributed by atoms with E-state index in [4.69, 9.17) is 0 Å². The number of aromatic nitrogens is 3. The quantitative estimate of drug-likeness (QED) is 0.675. The molecule has 0 aliphatic carbocycles. The van der Waals surface area contributed by atoms with Gasteiger partial charge in [-0.15, -0.1) is 0 Å². The first-order chi connectivity index (χ1) is 12.0. The van der Waals surface area contributed by atoms with Gasteiger partial charge in [-0.3, -0.25) is 4.79 Å². The van der Waals surface area contributed by atoms with Crippen LogP contribution in [-0.4, -0.2) is 38.8 Å². The molecule has 0 aliphatic rings. The first-order valence-corrected chi connectivity index (χ1v) is 8.86. The van der Waals surface area contributed by atoms with Crippen molar-refractivity contribution in [1.82, 2.24) is 19.9 Å². The van der Waals surface area contributed by atoms with Crippen LogP contribution in [0.5, 0.6) is 0 Å². The monoisotopic (exact) mass is 342 g/mol. The van der Waals surface area contributed by atoms with Crippen LogP contribution >= 0.6 is 0 Å². The molecule has 1 amide bonds. The second-order valence-corrected chi connectivity index (χ2v) is 7.40. The fourth-order valence-electron chi connectivity index (χ4n) is 3.18. The lowest BCUT2D eigenvalue weighted by Gasteiger charge is -2.25. The number of nitrogens with zero attached hydrogens (tertiary/aromatic N) is 2. The molecule has 3 aromatic rings. The van der Waals surface area contributed by atoms with Crippen molar-refractivity contribution in [3.8, 4) is 11.1 Å². The van der Waals surface area contributed by atoms with Gasteiger partial charge in [0.1, 0.15) is 11.3 Å². The van der Waals surface area contributed by atoms with E-state index in [1.807, 2.05) is 35.5 Å². The summed E-state index contributed by atoms with van der Waals surface area (Å²) in [5, 5.41) is 1.06. The lowest BCUT2D eigenvalue weighted by atomic mass is 10.1. The highest BCUT2D eigenvalue weighted by atomic mass is 16.2. The van der Waals surface area contributed by atoms with Gasteiger partial charge in [-0.1, -0.05) is 27.7 Å². The third-order valence-corrected chi connectivity index (χ3v) is 4.14. The van der Waals surface area contributed by atoms with E-state index in [0.717, 1.165) is 35.2 Å². The van der Waals surface area contributed by atoms with Crippen molar-refractivity contribution in [2.24, 2.45) is 11.8 Å². The number of carbonyl (C=O) groups is 1. The zero-order valence-electron chi connectivity index (χ0n) is 15.3. The average molecular weight is 342 g/mol. The normalized spacial score (nSPS) is 11.6. The van der Waals surface area contributed by atoms with E-state index in [1.165, 1.54) is 0 Å². The van der Waals surface area contributed by atoms with Gasteiger partial charge in [-0.25, -0.2) is 4.98 Å². The van der Waals surface area contributed by atoms with Crippen molar-refractivity contribution in [2.75, 3.05) is 13.1 Å². The minimum atomic E-state index is 0. The zero-order chi connectivity index (χ0) is 18.0. The molecule has 3 heterocycles. The summed E-state index contributed by atoms with van der Waals surface area (Å²) in [7, 11) is 0. The Morgan fingerprint density at radius 1 is 1.16 bits per heavy atom. The maximum atomic E-state index is 13.0. The first-order valence-electron chi connectivity index (χ1n) is 8.86. The molecule has 0 saturated heterocycles. The highest BCUT2D eigenvalue weighted by Gasteiger charge is 2.20. The van der Waals surface area contributed by atoms with Crippen molar-refractivity contribution in [3.05, 3.63) is 42.5 Å². The predicted octanol–water partition coefficient (Wildman–Crippen LogP) is 4.80. The Labute approximate surface area is 151 Å². The molecule has 5 nitrogen and oxygen atoms in total.